The van der Waals surface area contributed by atoms with Crippen LogP contribution in [0.4, 0.5) is 0 Å². The molecule has 80 valence electrons. The predicted octanol–water partition coefficient (Wildman–Crippen LogP) is 1.26. The van der Waals surface area contributed by atoms with Crippen LogP contribution in [0.5, 0.6) is 0 Å². The van der Waals surface area contributed by atoms with Crippen molar-refractivity contribution in [2.75, 3.05) is 0 Å². The Balaban J connectivity index is 2.40. The minimum Gasteiger partial charge on any atom is -0.288 e. The highest BCUT2D eigenvalue weighted by atomic mass is 16.5. The van der Waals surface area contributed by atoms with Gasteiger partial charge in [0.1, 0.15) is 5.69 Å². The molecule has 0 unspecified atom stereocenters. The van der Waals surface area contributed by atoms with E-state index in [1.807, 2.05) is 6.07 Å². The second-order valence-electron chi connectivity index (χ2n) is 3.06. The van der Waals surface area contributed by atoms with Crippen molar-refractivity contribution >= 4 is 5.91 Å². The van der Waals surface area contributed by atoms with Gasteiger partial charge in [-0.3, -0.25) is 15.0 Å². The van der Waals surface area contributed by atoms with Crippen LogP contribution >= 0.6 is 0 Å². The molecular weight excluding hydrogens is 206 g/mol. The molecule has 0 aliphatic carbocycles. The van der Waals surface area contributed by atoms with Crippen molar-refractivity contribution in [2.45, 2.75) is 0 Å². The van der Waals surface area contributed by atoms with Gasteiger partial charge in [-0.25, -0.2) is 10.5 Å². The zero-order chi connectivity index (χ0) is 11.4. The van der Waals surface area contributed by atoms with Gasteiger partial charge in [-0.15, -0.1) is 0 Å². The summed E-state index contributed by atoms with van der Waals surface area (Å²) >= 11 is 0. The highest BCUT2D eigenvalue weighted by Gasteiger charge is 2.07. The van der Waals surface area contributed by atoms with Crippen molar-refractivity contribution < 1.29 is 10.0 Å². The molecule has 0 aromatic carbocycles. The summed E-state index contributed by atoms with van der Waals surface area (Å²) in [5, 5.41) is 8.49. The van der Waals surface area contributed by atoms with E-state index in [0.717, 1.165) is 0 Å². The van der Waals surface area contributed by atoms with E-state index in [1.54, 1.807) is 30.5 Å². The van der Waals surface area contributed by atoms with Crippen LogP contribution in [0.2, 0.25) is 0 Å². The normalized spacial score (nSPS) is 9.81. The maximum Gasteiger partial charge on any atom is 0.293 e. The van der Waals surface area contributed by atoms with E-state index in [1.165, 1.54) is 11.5 Å². The summed E-state index contributed by atoms with van der Waals surface area (Å²) in [5.41, 5.74) is 2.94. The van der Waals surface area contributed by atoms with Gasteiger partial charge in [0.15, 0.2) is 0 Å². The van der Waals surface area contributed by atoms with Gasteiger partial charge >= 0.3 is 0 Å². The molecule has 2 rings (SSSR count). The molecule has 0 saturated heterocycles. The van der Waals surface area contributed by atoms with Crippen molar-refractivity contribution in [1.82, 2.24) is 15.4 Å². The first kappa shape index (κ1) is 10.3. The molecular formula is C11H9N3O2. The van der Waals surface area contributed by atoms with Crippen LogP contribution in [0.15, 0.2) is 42.6 Å². The number of hydrogen-bond donors (Lipinski definition) is 2. The molecule has 0 bridgehead atoms. The van der Waals surface area contributed by atoms with Crippen LogP contribution in [0.3, 0.4) is 0 Å². The molecule has 0 aliphatic heterocycles. The number of rotatable bonds is 2. The van der Waals surface area contributed by atoms with Gasteiger partial charge in [0.2, 0.25) is 0 Å². The number of hydrogen-bond acceptors (Lipinski definition) is 4. The average molecular weight is 215 g/mol. The van der Waals surface area contributed by atoms with Gasteiger partial charge in [-0.05, 0) is 24.3 Å². The number of amides is 1. The highest BCUT2D eigenvalue weighted by molar-refractivity contribution is 5.91. The number of aromatic nitrogens is 2. The Labute approximate surface area is 91.8 Å². The van der Waals surface area contributed by atoms with Gasteiger partial charge in [0.25, 0.3) is 5.91 Å². The zero-order valence-electron chi connectivity index (χ0n) is 8.29. The van der Waals surface area contributed by atoms with Crippen molar-refractivity contribution in [3.8, 4) is 11.4 Å². The minimum absolute atomic E-state index is 0.144. The lowest BCUT2D eigenvalue weighted by molar-refractivity contribution is 0.0701. The largest absolute Gasteiger partial charge is 0.293 e. The SMILES string of the molecule is O=C(NO)c1cccc(-c2ccccn2)n1. The van der Waals surface area contributed by atoms with Crippen LogP contribution < -0.4 is 5.48 Å². The van der Waals surface area contributed by atoms with Gasteiger partial charge in [0, 0.05) is 6.20 Å². The second-order valence-corrected chi connectivity index (χ2v) is 3.06. The van der Waals surface area contributed by atoms with Gasteiger partial charge in [0.05, 0.1) is 11.4 Å². The van der Waals surface area contributed by atoms with Crippen molar-refractivity contribution in [3.63, 3.8) is 0 Å². The fourth-order valence-electron chi connectivity index (χ4n) is 1.28. The van der Waals surface area contributed by atoms with Crippen LogP contribution in [-0.4, -0.2) is 21.1 Å². The van der Waals surface area contributed by atoms with E-state index >= 15 is 0 Å². The van der Waals surface area contributed by atoms with E-state index in [9.17, 15) is 4.79 Å². The standard InChI is InChI=1S/C11H9N3O2/c15-11(14-16)10-6-3-5-9(13-10)8-4-1-2-7-12-8/h1-7,16H,(H,14,15). The van der Waals surface area contributed by atoms with Crippen LogP contribution in [0, 0.1) is 0 Å². The molecule has 0 atom stereocenters. The van der Waals surface area contributed by atoms with E-state index in [2.05, 4.69) is 9.97 Å². The van der Waals surface area contributed by atoms with Crippen LogP contribution in [-0.2, 0) is 0 Å². The third-order valence-electron chi connectivity index (χ3n) is 2.01. The highest BCUT2D eigenvalue weighted by Crippen LogP contribution is 2.13. The number of hydroxylamine groups is 1. The monoisotopic (exact) mass is 215 g/mol. The number of nitrogens with zero attached hydrogens (tertiary/aromatic N) is 2. The Morgan fingerprint density at radius 2 is 1.94 bits per heavy atom. The molecule has 2 N–H and O–H groups in total. The summed E-state index contributed by atoms with van der Waals surface area (Å²) in [6, 6.07) is 10.4. The first-order valence-corrected chi connectivity index (χ1v) is 4.64. The van der Waals surface area contributed by atoms with Crippen molar-refractivity contribution in [1.29, 1.82) is 0 Å². The Morgan fingerprint density at radius 3 is 2.62 bits per heavy atom. The molecule has 0 saturated carbocycles. The lowest BCUT2D eigenvalue weighted by Crippen LogP contribution is -2.19. The number of nitrogens with one attached hydrogen (secondary N) is 1. The van der Waals surface area contributed by atoms with Crippen molar-refractivity contribution in [2.24, 2.45) is 0 Å². The van der Waals surface area contributed by atoms with Crippen molar-refractivity contribution in [3.05, 3.63) is 48.3 Å². The number of carbonyl (C=O) groups is 1. The van der Waals surface area contributed by atoms with E-state index in [4.69, 9.17) is 5.21 Å². The molecule has 0 spiro atoms. The topological polar surface area (TPSA) is 75.1 Å². The molecule has 0 radical (unpaired) electrons. The van der Waals surface area contributed by atoms with E-state index in [0.29, 0.717) is 11.4 Å². The third-order valence-corrected chi connectivity index (χ3v) is 2.01. The Morgan fingerprint density at radius 1 is 1.12 bits per heavy atom. The number of pyridine rings is 2. The summed E-state index contributed by atoms with van der Waals surface area (Å²) in [5.74, 6) is -0.641. The molecule has 2 aromatic rings. The molecule has 0 aliphatic rings. The fourth-order valence-corrected chi connectivity index (χ4v) is 1.28. The molecule has 5 nitrogen and oxygen atoms in total. The van der Waals surface area contributed by atoms with Crippen LogP contribution in [0.25, 0.3) is 11.4 Å². The van der Waals surface area contributed by atoms with Gasteiger partial charge in [-0.2, -0.15) is 0 Å². The lowest BCUT2D eigenvalue weighted by atomic mass is 10.2. The summed E-state index contributed by atoms with van der Waals surface area (Å²) in [4.78, 5) is 19.4. The summed E-state index contributed by atoms with van der Waals surface area (Å²) < 4.78 is 0. The third kappa shape index (κ3) is 2.04. The number of carbonyl (C=O) groups excluding carboxylic acids is 1. The quantitative estimate of drug-likeness (QED) is 0.584. The predicted molar refractivity (Wildman–Crippen MR) is 56.7 cm³/mol. The van der Waals surface area contributed by atoms with E-state index < -0.39 is 5.91 Å². The summed E-state index contributed by atoms with van der Waals surface area (Å²) in [6.07, 6.45) is 1.65. The summed E-state index contributed by atoms with van der Waals surface area (Å²) in [6.45, 7) is 0. The summed E-state index contributed by atoms with van der Waals surface area (Å²) in [7, 11) is 0. The Hall–Kier alpha value is -2.27. The maximum atomic E-state index is 11.2. The smallest absolute Gasteiger partial charge is 0.288 e. The molecule has 2 aromatic heterocycles. The maximum absolute atomic E-state index is 11.2. The second kappa shape index (κ2) is 4.50. The Kier molecular flexibility index (Phi) is 2.88. The Bertz CT molecular complexity index is 500. The van der Waals surface area contributed by atoms with Gasteiger partial charge in [-0.1, -0.05) is 12.1 Å². The molecule has 5 heteroatoms. The van der Waals surface area contributed by atoms with E-state index in [-0.39, 0.29) is 5.69 Å². The van der Waals surface area contributed by atoms with Gasteiger partial charge < -0.3 is 0 Å². The first-order valence-electron chi connectivity index (χ1n) is 4.64. The first-order chi connectivity index (χ1) is 7.81. The molecule has 1 amide bonds. The fraction of sp³-hybridized carbons (Fsp3) is 0. The minimum atomic E-state index is -0.641. The molecule has 16 heavy (non-hydrogen) atoms. The van der Waals surface area contributed by atoms with Crippen LogP contribution in [0.1, 0.15) is 10.5 Å². The average Bonchev–Trinajstić information content (AvgIpc) is 2.39. The molecule has 2 heterocycles. The zero-order valence-corrected chi connectivity index (χ0v) is 8.29. The molecule has 0 fully saturated rings. The lowest BCUT2D eigenvalue weighted by Gasteiger charge is -2.02.